The summed E-state index contributed by atoms with van der Waals surface area (Å²) >= 11 is 3.51. The lowest BCUT2D eigenvalue weighted by molar-refractivity contribution is -0.113. The number of fused-ring (bicyclic) bond motifs is 1. The van der Waals surface area contributed by atoms with Gasteiger partial charge in [0, 0.05) is 5.92 Å². The number of carbonyl (C=O) groups excluding carboxylic acids is 1. The number of hydrogen-bond donors (Lipinski definition) is 0. The lowest BCUT2D eigenvalue weighted by Gasteiger charge is -2.38. The van der Waals surface area contributed by atoms with Crippen LogP contribution in [0.15, 0.2) is 16.6 Å². The van der Waals surface area contributed by atoms with Crippen LogP contribution in [0.4, 0.5) is 0 Å². The fraction of sp³-hybridized carbons (Fsp3) is 0.500. The van der Waals surface area contributed by atoms with Crippen molar-refractivity contribution in [2.75, 3.05) is 7.11 Å². The van der Waals surface area contributed by atoms with Crippen LogP contribution in [0, 0.1) is 5.92 Å². The molecule has 1 aromatic carbocycles. The largest absolute Gasteiger partial charge is 0.496 e. The number of ether oxygens (including phenoxy) is 1. The second kappa shape index (κ2) is 4.45. The Morgan fingerprint density at radius 3 is 2.76 bits per heavy atom. The van der Waals surface area contributed by atoms with Gasteiger partial charge in [-0.3, -0.25) is 0 Å². The number of halogens is 1. The molecule has 92 valence electrons. The molecule has 2 rings (SSSR count). The first-order valence-corrected chi connectivity index (χ1v) is 6.62. The smallest absolute Gasteiger partial charge is 0.133 e. The molecular formula is C14H17BrO2. The topological polar surface area (TPSA) is 26.3 Å². The van der Waals surface area contributed by atoms with Crippen molar-refractivity contribution >= 4 is 22.2 Å². The molecule has 0 heterocycles. The van der Waals surface area contributed by atoms with Gasteiger partial charge < -0.3 is 9.53 Å². The molecule has 0 aliphatic heterocycles. The number of aldehydes is 1. The molecule has 0 spiro atoms. The Morgan fingerprint density at radius 2 is 2.18 bits per heavy atom. The first-order chi connectivity index (χ1) is 8.00. The van der Waals surface area contributed by atoms with E-state index in [1.165, 1.54) is 11.1 Å². The summed E-state index contributed by atoms with van der Waals surface area (Å²) in [6.45, 7) is 4.27. The number of rotatable bonds is 2. The molecular weight excluding hydrogens is 280 g/mol. The van der Waals surface area contributed by atoms with Gasteiger partial charge in [0.05, 0.1) is 11.6 Å². The molecule has 1 atom stereocenters. The Kier molecular flexibility index (Phi) is 3.30. The van der Waals surface area contributed by atoms with Gasteiger partial charge in [0.15, 0.2) is 0 Å². The molecule has 1 unspecified atom stereocenters. The quantitative estimate of drug-likeness (QED) is 0.781. The molecule has 1 aromatic rings. The number of hydrogen-bond acceptors (Lipinski definition) is 2. The summed E-state index contributed by atoms with van der Waals surface area (Å²) in [5.41, 5.74) is 2.45. The van der Waals surface area contributed by atoms with Gasteiger partial charge in [-0.1, -0.05) is 13.8 Å². The summed E-state index contributed by atoms with van der Waals surface area (Å²) in [5.74, 6) is 0.934. The molecule has 0 bridgehead atoms. The van der Waals surface area contributed by atoms with E-state index in [-0.39, 0.29) is 11.3 Å². The summed E-state index contributed by atoms with van der Waals surface area (Å²) in [6.07, 6.45) is 2.99. The van der Waals surface area contributed by atoms with Crippen LogP contribution >= 0.6 is 15.9 Å². The molecule has 0 saturated heterocycles. The molecule has 0 aromatic heterocycles. The lowest BCUT2D eigenvalue weighted by Crippen LogP contribution is -2.35. The van der Waals surface area contributed by atoms with Gasteiger partial charge in [0.1, 0.15) is 12.0 Å². The highest BCUT2D eigenvalue weighted by Gasteiger charge is 2.36. The molecule has 0 amide bonds. The highest BCUT2D eigenvalue weighted by Crippen LogP contribution is 2.43. The molecule has 3 heteroatoms. The number of methoxy groups -OCH3 is 1. The molecule has 0 saturated carbocycles. The Hall–Kier alpha value is -0.830. The van der Waals surface area contributed by atoms with Crippen molar-refractivity contribution in [3.05, 3.63) is 27.7 Å². The first-order valence-electron chi connectivity index (χ1n) is 5.83. The van der Waals surface area contributed by atoms with Gasteiger partial charge in [0.2, 0.25) is 0 Å². The van der Waals surface area contributed by atoms with Crippen LogP contribution in [0.2, 0.25) is 0 Å². The highest BCUT2D eigenvalue weighted by molar-refractivity contribution is 9.10. The minimum Gasteiger partial charge on any atom is -0.496 e. The predicted molar refractivity (Wildman–Crippen MR) is 71.6 cm³/mol. The van der Waals surface area contributed by atoms with E-state index in [1.54, 1.807) is 7.11 Å². The summed E-state index contributed by atoms with van der Waals surface area (Å²) < 4.78 is 6.32. The Balaban J connectivity index is 2.57. The van der Waals surface area contributed by atoms with E-state index in [9.17, 15) is 4.79 Å². The fourth-order valence-corrected chi connectivity index (χ4v) is 3.22. The SMILES string of the molecule is COc1cc2c(cc1Br)CCC(C=O)C2(C)C. The molecule has 0 N–H and O–H groups in total. The zero-order valence-corrected chi connectivity index (χ0v) is 12.0. The van der Waals surface area contributed by atoms with E-state index in [2.05, 4.69) is 41.9 Å². The Bertz CT molecular complexity index is 452. The molecule has 1 aliphatic rings. The monoisotopic (exact) mass is 296 g/mol. The van der Waals surface area contributed by atoms with Crippen molar-refractivity contribution in [2.24, 2.45) is 5.92 Å². The van der Waals surface area contributed by atoms with Crippen LogP contribution in [-0.4, -0.2) is 13.4 Å². The molecule has 1 aliphatic carbocycles. The van der Waals surface area contributed by atoms with Crippen LogP contribution in [-0.2, 0) is 16.6 Å². The average molecular weight is 297 g/mol. The number of aryl methyl sites for hydroxylation is 1. The normalized spacial score (nSPS) is 21.8. The lowest BCUT2D eigenvalue weighted by atomic mass is 9.66. The standard InChI is InChI=1S/C14H17BrO2/c1-14(2)10(8-16)5-4-9-6-12(15)13(17-3)7-11(9)14/h6-8,10H,4-5H2,1-3H3. The molecule has 2 nitrogen and oxygen atoms in total. The maximum atomic E-state index is 11.2. The van der Waals surface area contributed by atoms with Gasteiger partial charge in [-0.2, -0.15) is 0 Å². The van der Waals surface area contributed by atoms with E-state index >= 15 is 0 Å². The molecule has 0 fully saturated rings. The van der Waals surface area contributed by atoms with Crippen molar-refractivity contribution in [2.45, 2.75) is 32.1 Å². The third kappa shape index (κ3) is 2.01. The maximum absolute atomic E-state index is 11.2. The summed E-state index contributed by atoms with van der Waals surface area (Å²) in [6, 6.07) is 4.19. The maximum Gasteiger partial charge on any atom is 0.133 e. The minimum absolute atomic E-state index is 0.0980. The van der Waals surface area contributed by atoms with Crippen molar-refractivity contribution in [1.29, 1.82) is 0 Å². The van der Waals surface area contributed by atoms with Gasteiger partial charge in [-0.15, -0.1) is 0 Å². The van der Waals surface area contributed by atoms with E-state index in [0.717, 1.165) is 29.4 Å². The van der Waals surface area contributed by atoms with Gasteiger partial charge >= 0.3 is 0 Å². The van der Waals surface area contributed by atoms with E-state index in [1.807, 2.05) is 0 Å². The predicted octanol–water partition coefficient (Wildman–Crippen LogP) is 3.50. The minimum atomic E-state index is -0.108. The van der Waals surface area contributed by atoms with Gasteiger partial charge in [-0.25, -0.2) is 0 Å². The van der Waals surface area contributed by atoms with Crippen molar-refractivity contribution in [1.82, 2.24) is 0 Å². The van der Waals surface area contributed by atoms with Crippen molar-refractivity contribution in [3.8, 4) is 5.75 Å². The zero-order valence-electron chi connectivity index (χ0n) is 10.4. The van der Waals surface area contributed by atoms with E-state index in [0.29, 0.717) is 0 Å². The average Bonchev–Trinajstić information content (AvgIpc) is 2.28. The molecule has 17 heavy (non-hydrogen) atoms. The van der Waals surface area contributed by atoms with E-state index < -0.39 is 0 Å². The third-order valence-electron chi connectivity index (χ3n) is 3.89. The second-order valence-electron chi connectivity index (χ2n) is 5.15. The Morgan fingerprint density at radius 1 is 1.47 bits per heavy atom. The number of benzene rings is 1. The zero-order chi connectivity index (χ0) is 12.6. The first kappa shape index (κ1) is 12.6. The Labute approximate surface area is 110 Å². The van der Waals surface area contributed by atoms with Crippen molar-refractivity contribution in [3.63, 3.8) is 0 Å². The molecule has 0 radical (unpaired) electrons. The van der Waals surface area contributed by atoms with E-state index in [4.69, 9.17) is 4.74 Å². The summed E-state index contributed by atoms with van der Waals surface area (Å²) in [4.78, 5) is 11.2. The summed E-state index contributed by atoms with van der Waals surface area (Å²) in [5, 5.41) is 0. The highest BCUT2D eigenvalue weighted by atomic mass is 79.9. The van der Waals surface area contributed by atoms with Crippen LogP contribution in [0.25, 0.3) is 0 Å². The van der Waals surface area contributed by atoms with Gasteiger partial charge in [-0.05, 0) is 57.4 Å². The fourth-order valence-electron chi connectivity index (χ4n) is 2.67. The van der Waals surface area contributed by atoms with Crippen LogP contribution in [0.5, 0.6) is 5.75 Å². The van der Waals surface area contributed by atoms with Crippen LogP contribution in [0.3, 0.4) is 0 Å². The third-order valence-corrected chi connectivity index (χ3v) is 4.51. The van der Waals surface area contributed by atoms with Crippen LogP contribution < -0.4 is 4.74 Å². The number of carbonyl (C=O) groups is 1. The van der Waals surface area contributed by atoms with Crippen molar-refractivity contribution < 1.29 is 9.53 Å². The second-order valence-corrected chi connectivity index (χ2v) is 6.00. The summed E-state index contributed by atoms with van der Waals surface area (Å²) in [7, 11) is 1.67. The van der Waals surface area contributed by atoms with Gasteiger partial charge in [0.25, 0.3) is 0 Å². The van der Waals surface area contributed by atoms with Crippen LogP contribution in [0.1, 0.15) is 31.4 Å².